The minimum Gasteiger partial charge on any atom is -0.320 e. The van der Waals surface area contributed by atoms with E-state index in [0.717, 1.165) is 10.9 Å². The first-order valence-corrected chi connectivity index (χ1v) is 7.04. The molecule has 0 saturated carbocycles. The lowest BCUT2D eigenvalue weighted by Crippen LogP contribution is -2.13. The number of nitrogens with one attached hydrogen (secondary N) is 1. The number of carbonyl (C=O) groups is 1. The number of halogens is 2. The number of hydrogen-bond donors (Lipinski definition) is 1. The lowest BCUT2D eigenvalue weighted by molar-refractivity contribution is 0.102. The van der Waals surface area contributed by atoms with Crippen molar-refractivity contribution in [3.05, 3.63) is 70.6 Å². The number of para-hydroxylation sites is 1. The van der Waals surface area contributed by atoms with E-state index in [4.69, 9.17) is 0 Å². The van der Waals surface area contributed by atoms with Crippen molar-refractivity contribution in [2.24, 2.45) is 0 Å². The number of carbonyl (C=O) groups excluding carboxylic acids is 1. The van der Waals surface area contributed by atoms with Gasteiger partial charge in [0.1, 0.15) is 5.82 Å². The maximum atomic E-state index is 13.8. The molecule has 0 unspecified atom stereocenters. The molecule has 0 atom stereocenters. The first kappa shape index (κ1) is 13.7. The summed E-state index contributed by atoms with van der Waals surface area (Å²) < 4.78 is 14.3. The van der Waals surface area contributed by atoms with Gasteiger partial charge in [-0.25, -0.2) is 4.39 Å². The summed E-state index contributed by atoms with van der Waals surface area (Å²) in [6.07, 6.45) is 1.55. The summed E-state index contributed by atoms with van der Waals surface area (Å²) >= 11 is 3.16. The molecule has 0 bridgehead atoms. The summed E-state index contributed by atoms with van der Waals surface area (Å²) in [7, 11) is 0. The molecule has 1 heterocycles. The molecule has 1 N–H and O–H groups in total. The Bertz CT molecular complexity index is 835. The fourth-order valence-corrected chi connectivity index (χ4v) is 2.34. The maximum Gasteiger partial charge on any atom is 0.258 e. The number of anilines is 1. The van der Waals surface area contributed by atoms with Gasteiger partial charge in [0.2, 0.25) is 0 Å². The molecule has 2 aromatic carbocycles. The zero-order valence-corrected chi connectivity index (χ0v) is 12.4. The molecule has 0 spiro atoms. The van der Waals surface area contributed by atoms with Gasteiger partial charge in [-0.2, -0.15) is 0 Å². The van der Waals surface area contributed by atoms with E-state index in [0.29, 0.717) is 10.2 Å². The van der Waals surface area contributed by atoms with Crippen LogP contribution in [0.4, 0.5) is 10.1 Å². The van der Waals surface area contributed by atoms with Crippen LogP contribution in [-0.2, 0) is 0 Å². The van der Waals surface area contributed by atoms with Gasteiger partial charge in [0.25, 0.3) is 5.91 Å². The molecule has 0 fully saturated rings. The number of amides is 1. The Morgan fingerprint density at radius 2 is 1.95 bits per heavy atom. The number of fused-ring (bicyclic) bond motifs is 1. The van der Waals surface area contributed by atoms with Crippen LogP contribution in [0.2, 0.25) is 0 Å². The van der Waals surface area contributed by atoms with Crippen LogP contribution in [0.5, 0.6) is 0 Å². The number of rotatable bonds is 2. The Labute approximate surface area is 128 Å². The number of hydrogen-bond acceptors (Lipinski definition) is 2. The maximum absolute atomic E-state index is 13.8. The van der Waals surface area contributed by atoms with Crippen molar-refractivity contribution >= 4 is 38.4 Å². The molecule has 0 aliphatic heterocycles. The van der Waals surface area contributed by atoms with Crippen LogP contribution >= 0.6 is 15.9 Å². The van der Waals surface area contributed by atoms with Gasteiger partial charge in [-0.15, -0.1) is 0 Å². The van der Waals surface area contributed by atoms with Crippen molar-refractivity contribution < 1.29 is 9.18 Å². The van der Waals surface area contributed by atoms with E-state index in [1.807, 2.05) is 24.3 Å². The molecule has 0 aliphatic rings. The van der Waals surface area contributed by atoms with E-state index in [-0.39, 0.29) is 5.56 Å². The highest BCUT2D eigenvalue weighted by molar-refractivity contribution is 9.10. The van der Waals surface area contributed by atoms with Crippen LogP contribution in [0.25, 0.3) is 10.9 Å². The van der Waals surface area contributed by atoms with Gasteiger partial charge in [0, 0.05) is 9.86 Å². The van der Waals surface area contributed by atoms with E-state index in [1.165, 1.54) is 12.1 Å². The normalized spacial score (nSPS) is 10.6. The van der Waals surface area contributed by atoms with Gasteiger partial charge in [-0.05, 0) is 30.3 Å². The quantitative estimate of drug-likeness (QED) is 0.749. The Morgan fingerprint density at radius 3 is 2.76 bits per heavy atom. The van der Waals surface area contributed by atoms with E-state index < -0.39 is 11.7 Å². The molecular formula is C16H10BrFN2O. The molecule has 5 heteroatoms. The van der Waals surface area contributed by atoms with Crippen molar-refractivity contribution in [2.75, 3.05) is 5.32 Å². The topological polar surface area (TPSA) is 42.0 Å². The predicted molar refractivity (Wildman–Crippen MR) is 83.8 cm³/mol. The van der Waals surface area contributed by atoms with Crippen molar-refractivity contribution in [2.45, 2.75) is 0 Å². The molecule has 104 valence electrons. The SMILES string of the molecule is O=C(Nc1cnc2ccccc2c1)c1ccc(Br)cc1F. The van der Waals surface area contributed by atoms with E-state index in [2.05, 4.69) is 26.2 Å². The molecule has 3 aromatic rings. The molecule has 3 nitrogen and oxygen atoms in total. The van der Waals surface area contributed by atoms with Gasteiger partial charge in [-0.1, -0.05) is 34.1 Å². The standard InChI is InChI=1S/C16H10BrFN2O/c17-11-5-6-13(14(18)8-11)16(21)20-12-7-10-3-1-2-4-15(10)19-9-12/h1-9H,(H,20,21). The number of aromatic nitrogens is 1. The molecule has 3 rings (SSSR count). The predicted octanol–water partition coefficient (Wildman–Crippen LogP) is 4.39. The number of pyridine rings is 1. The van der Waals surface area contributed by atoms with Gasteiger partial charge in [-0.3, -0.25) is 9.78 Å². The molecule has 0 radical (unpaired) electrons. The highest BCUT2D eigenvalue weighted by atomic mass is 79.9. The van der Waals surface area contributed by atoms with Crippen molar-refractivity contribution in [1.29, 1.82) is 0 Å². The second-order valence-electron chi connectivity index (χ2n) is 4.49. The van der Waals surface area contributed by atoms with Crippen LogP contribution in [-0.4, -0.2) is 10.9 Å². The second kappa shape index (κ2) is 5.61. The monoisotopic (exact) mass is 344 g/mol. The summed E-state index contributed by atoms with van der Waals surface area (Å²) in [5.41, 5.74) is 1.36. The minimum absolute atomic E-state index is 0.00800. The molecule has 0 saturated heterocycles. The van der Waals surface area contributed by atoms with E-state index >= 15 is 0 Å². The average Bonchev–Trinajstić information content (AvgIpc) is 2.47. The van der Waals surface area contributed by atoms with Gasteiger partial charge >= 0.3 is 0 Å². The molecule has 21 heavy (non-hydrogen) atoms. The summed E-state index contributed by atoms with van der Waals surface area (Å²) in [6.45, 7) is 0. The summed E-state index contributed by atoms with van der Waals surface area (Å²) in [6, 6.07) is 13.7. The summed E-state index contributed by atoms with van der Waals surface area (Å²) in [5.74, 6) is -1.08. The van der Waals surface area contributed by atoms with Gasteiger partial charge in [0.15, 0.2) is 0 Å². The third-order valence-corrected chi connectivity index (χ3v) is 3.52. The molecule has 1 aromatic heterocycles. The first-order valence-electron chi connectivity index (χ1n) is 6.25. The Hall–Kier alpha value is -2.27. The second-order valence-corrected chi connectivity index (χ2v) is 5.41. The Balaban J connectivity index is 1.89. The van der Waals surface area contributed by atoms with Gasteiger partial charge in [0.05, 0.1) is 23.0 Å². The fraction of sp³-hybridized carbons (Fsp3) is 0. The molecule has 0 aliphatic carbocycles. The fourth-order valence-electron chi connectivity index (χ4n) is 2.01. The van der Waals surface area contributed by atoms with Crippen molar-refractivity contribution in [3.63, 3.8) is 0 Å². The van der Waals surface area contributed by atoms with Crippen molar-refractivity contribution in [3.8, 4) is 0 Å². The van der Waals surface area contributed by atoms with E-state index in [1.54, 1.807) is 18.3 Å². The smallest absolute Gasteiger partial charge is 0.258 e. The third kappa shape index (κ3) is 2.92. The van der Waals surface area contributed by atoms with Crippen LogP contribution in [0.1, 0.15) is 10.4 Å². The number of benzene rings is 2. The van der Waals surface area contributed by atoms with Crippen LogP contribution in [0.15, 0.2) is 59.2 Å². The average molecular weight is 345 g/mol. The Morgan fingerprint density at radius 1 is 1.14 bits per heavy atom. The van der Waals surface area contributed by atoms with E-state index in [9.17, 15) is 9.18 Å². The zero-order valence-electron chi connectivity index (χ0n) is 10.8. The first-order chi connectivity index (χ1) is 10.1. The highest BCUT2D eigenvalue weighted by Crippen LogP contribution is 2.19. The van der Waals surface area contributed by atoms with Crippen LogP contribution in [0, 0.1) is 5.82 Å². The zero-order chi connectivity index (χ0) is 14.8. The number of nitrogens with zero attached hydrogens (tertiary/aromatic N) is 1. The third-order valence-electron chi connectivity index (χ3n) is 3.02. The summed E-state index contributed by atoms with van der Waals surface area (Å²) in [5, 5.41) is 3.56. The highest BCUT2D eigenvalue weighted by Gasteiger charge is 2.12. The minimum atomic E-state index is -0.573. The molecular weight excluding hydrogens is 335 g/mol. The largest absolute Gasteiger partial charge is 0.320 e. The lowest BCUT2D eigenvalue weighted by atomic mass is 10.2. The van der Waals surface area contributed by atoms with Crippen LogP contribution in [0.3, 0.4) is 0 Å². The molecule has 1 amide bonds. The Kier molecular flexibility index (Phi) is 3.66. The lowest BCUT2D eigenvalue weighted by Gasteiger charge is -2.07. The van der Waals surface area contributed by atoms with Gasteiger partial charge < -0.3 is 5.32 Å². The van der Waals surface area contributed by atoms with Crippen LogP contribution < -0.4 is 5.32 Å². The van der Waals surface area contributed by atoms with Crippen molar-refractivity contribution in [1.82, 2.24) is 4.98 Å². The summed E-state index contributed by atoms with van der Waals surface area (Å²) in [4.78, 5) is 16.3.